The summed E-state index contributed by atoms with van der Waals surface area (Å²) >= 11 is 1.68. The third kappa shape index (κ3) is 3.71. The van der Waals surface area contributed by atoms with Gasteiger partial charge in [-0.25, -0.2) is 9.97 Å². The largest absolute Gasteiger partial charge is 0.353 e. The fraction of sp³-hybridized carbons (Fsp3) is 0.462. The summed E-state index contributed by atoms with van der Waals surface area (Å²) in [5.74, 6) is 0.882. The maximum absolute atomic E-state index is 4.45. The van der Waals surface area contributed by atoms with Gasteiger partial charge in [-0.15, -0.1) is 11.3 Å². The van der Waals surface area contributed by atoms with Crippen LogP contribution in [0.2, 0.25) is 0 Å². The molecule has 5 nitrogen and oxygen atoms in total. The minimum Gasteiger partial charge on any atom is -0.353 e. The van der Waals surface area contributed by atoms with Crippen LogP contribution in [0.5, 0.6) is 0 Å². The molecule has 0 aliphatic carbocycles. The molecule has 0 amide bonds. The molecule has 0 saturated heterocycles. The zero-order valence-corrected chi connectivity index (χ0v) is 12.4. The summed E-state index contributed by atoms with van der Waals surface area (Å²) < 4.78 is 0. The van der Waals surface area contributed by atoms with E-state index in [0.717, 1.165) is 36.8 Å². The summed E-state index contributed by atoms with van der Waals surface area (Å²) in [7, 11) is 2.02. The van der Waals surface area contributed by atoms with Crippen molar-refractivity contribution in [3.63, 3.8) is 0 Å². The van der Waals surface area contributed by atoms with Gasteiger partial charge in [-0.2, -0.15) is 0 Å². The minimum atomic E-state index is 0.765. The number of hydrogen-bond acceptors (Lipinski definition) is 6. The molecule has 6 heteroatoms. The van der Waals surface area contributed by atoms with E-state index in [1.165, 1.54) is 4.88 Å². The predicted molar refractivity (Wildman–Crippen MR) is 78.4 cm³/mol. The van der Waals surface area contributed by atoms with E-state index in [4.69, 9.17) is 0 Å². The summed E-state index contributed by atoms with van der Waals surface area (Å²) in [6.45, 7) is 6.63. The Morgan fingerprint density at radius 3 is 2.68 bits per heavy atom. The molecule has 19 heavy (non-hydrogen) atoms. The van der Waals surface area contributed by atoms with Crippen molar-refractivity contribution in [3.05, 3.63) is 34.2 Å². The SMILES string of the molecule is CCNCc1cnc(N(C)Cc2scnc2C)cn1. The predicted octanol–water partition coefficient (Wildman–Crippen LogP) is 1.99. The Morgan fingerprint density at radius 2 is 2.11 bits per heavy atom. The number of nitrogens with zero attached hydrogens (tertiary/aromatic N) is 4. The third-order valence-electron chi connectivity index (χ3n) is 2.86. The molecule has 0 aliphatic heterocycles. The fourth-order valence-electron chi connectivity index (χ4n) is 1.66. The van der Waals surface area contributed by atoms with Crippen molar-refractivity contribution < 1.29 is 0 Å². The molecular weight excluding hydrogens is 258 g/mol. The van der Waals surface area contributed by atoms with Gasteiger partial charge in [0.15, 0.2) is 0 Å². The van der Waals surface area contributed by atoms with Crippen LogP contribution < -0.4 is 10.2 Å². The lowest BCUT2D eigenvalue weighted by atomic mass is 10.3. The molecule has 0 fully saturated rings. The smallest absolute Gasteiger partial charge is 0.147 e. The van der Waals surface area contributed by atoms with E-state index in [0.29, 0.717) is 0 Å². The lowest BCUT2D eigenvalue weighted by Crippen LogP contribution is -2.19. The van der Waals surface area contributed by atoms with Gasteiger partial charge in [0.2, 0.25) is 0 Å². The second-order valence-corrected chi connectivity index (χ2v) is 5.30. The highest BCUT2D eigenvalue weighted by Crippen LogP contribution is 2.17. The van der Waals surface area contributed by atoms with Crippen molar-refractivity contribution >= 4 is 17.2 Å². The number of aromatic nitrogens is 3. The van der Waals surface area contributed by atoms with Crippen LogP contribution >= 0.6 is 11.3 Å². The molecule has 0 atom stereocenters. The highest BCUT2D eigenvalue weighted by atomic mass is 32.1. The van der Waals surface area contributed by atoms with E-state index in [9.17, 15) is 0 Å². The first kappa shape index (κ1) is 13.9. The molecule has 0 bridgehead atoms. The lowest BCUT2D eigenvalue weighted by molar-refractivity contribution is 0.706. The van der Waals surface area contributed by atoms with Crippen molar-refractivity contribution in [1.82, 2.24) is 20.3 Å². The normalized spacial score (nSPS) is 10.7. The molecule has 2 rings (SSSR count). The molecule has 2 aromatic rings. The Bertz CT molecular complexity index is 508. The summed E-state index contributed by atoms with van der Waals surface area (Å²) in [6.07, 6.45) is 3.65. The summed E-state index contributed by atoms with van der Waals surface area (Å²) in [4.78, 5) is 16.5. The first-order chi connectivity index (χ1) is 9.20. The molecule has 0 spiro atoms. The van der Waals surface area contributed by atoms with Crippen LogP contribution in [0.25, 0.3) is 0 Å². The Labute approximate surface area is 117 Å². The number of rotatable bonds is 6. The van der Waals surface area contributed by atoms with Crippen molar-refractivity contribution in [2.45, 2.75) is 26.9 Å². The molecule has 2 heterocycles. The number of aryl methyl sites for hydroxylation is 1. The third-order valence-corrected chi connectivity index (χ3v) is 3.78. The van der Waals surface area contributed by atoms with Crippen LogP contribution in [-0.2, 0) is 13.1 Å². The lowest BCUT2D eigenvalue weighted by Gasteiger charge is -2.17. The Balaban J connectivity index is 1.99. The van der Waals surface area contributed by atoms with E-state index in [-0.39, 0.29) is 0 Å². The monoisotopic (exact) mass is 277 g/mol. The Hall–Kier alpha value is -1.53. The van der Waals surface area contributed by atoms with Gasteiger partial charge in [-0.05, 0) is 13.5 Å². The van der Waals surface area contributed by atoms with Crippen LogP contribution in [0.15, 0.2) is 17.9 Å². The van der Waals surface area contributed by atoms with Crippen molar-refractivity contribution in [3.8, 4) is 0 Å². The van der Waals surface area contributed by atoms with Crippen molar-refractivity contribution in [1.29, 1.82) is 0 Å². The highest BCUT2D eigenvalue weighted by molar-refractivity contribution is 7.09. The maximum atomic E-state index is 4.45. The molecule has 0 radical (unpaired) electrons. The fourth-order valence-corrected chi connectivity index (χ4v) is 2.49. The van der Waals surface area contributed by atoms with E-state index >= 15 is 0 Å². The molecule has 0 saturated carbocycles. The van der Waals surface area contributed by atoms with E-state index in [2.05, 4.69) is 32.1 Å². The van der Waals surface area contributed by atoms with Gasteiger partial charge in [0.1, 0.15) is 5.82 Å². The van der Waals surface area contributed by atoms with Gasteiger partial charge in [0, 0.05) is 18.5 Å². The quantitative estimate of drug-likeness (QED) is 0.875. The molecule has 0 aromatic carbocycles. The Morgan fingerprint density at radius 1 is 1.26 bits per heavy atom. The molecular formula is C13H19N5S. The number of hydrogen-bond donors (Lipinski definition) is 1. The van der Waals surface area contributed by atoms with Gasteiger partial charge in [0.25, 0.3) is 0 Å². The molecule has 0 unspecified atom stereocenters. The minimum absolute atomic E-state index is 0.765. The van der Waals surface area contributed by atoms with Crippen LogP contribution in [-0.4, -0.2) is 28.5 Å². The second-order valence-electron chi connectivity index (χ2n) is 4.36. The number of nitrogens with one attached hydrogen (secondary N) is 1. The first-order valence-electron chi connectivity index (χ1n) is 6.32. The van der Waals surface area contributed by atoms with Gasteiger partial charge < -0.3 is 10.2 Å². The molecule has 102 valence electrons. The zero-order chi connectivity index (χ0) is 13.7. The molecule has 2 aromatic heterocycles. The summed E-state index contributed by atoms with van der Waals surface area (Å²) in [6, 6.07) is 0. The Kier molecular flexibility index (Phi) is 4.81. The zero-order valence-electron chi connectivity index (χ0n) is 11.6. The van der Waals surface area contributed by atoms with Gasteiger partial charge in [-0.1, -0.05) is 6.92 Å². The molecule has 0 aliphatic rings. The topological polar surface area (TPSA) is 53.9 Å². The van der Waals surface area contributed by atoms with E-state index < -0.39 is 0 Å². The van der Waals surface area contributed by atoms with Gasteiger partial charge in [0.05, 0.1) is 35.8 Å². The average molecular weight is 277 g/mol. The average Bonchev–Trinajstić information content (AvgIpc) is 2.82. The van der Waals surface area contributed by atoms with Crippen LogP contribution in [0.1, 0.15) is 23.2 Å². The summed E-state index contributed by atoms with van der Waals surface area (Å²) in [5, 5.41) is 3.23. The highest BCUT2D eigenvalue weighted by Gasteiger charge is 2.08. The number of thiazole rings is 1. The second kappa shape index (κ2) is 6.58. The molecule has 1 N–H and O–H groups in total. The van der Waals surface area contributed by atoms with Gasteiger partial charge >= 0.3 is 0 Å². The standard InChI is InChI=1S/C13H19N5S/c1-4-14-5-11-6-16-13(7-15-11)18(3)8-12-10(2)17-9-19-12/h6-7,9,14H,4-5,8H2,1-3H3. The number of anilines is 1. The van der Waals surface area contributed by atoms with Crippen LogP contribution in [0.3, 0.4) is 0 Å². The van der Waals surface area contributed by atoms with E-state index in [1.807, 2.05) is 31.9 Å². The van der Waals surface area contributed by atoms with E-state index in [1.54, 1.807) is 11.3 Å². The van der Waals surface area contributed by atoms with Crippen molar-refractivity contribution in [2.75, 3.05) is 18.5 Å². The van der Waals surface area contributed by atoms with Crippen LogP contribution in [0, 0.1) is 6.92 Å². The maximum Gasteiger partial charge on any atom is 0.147 e. The first-order valence-corrected chi connectivity index (χ1v) is 7.20. The van der Waals surface area contributed by atoms with Gasteiger partial charge in [-0.3, -0.25) is 4.98 Å². The van der Waals surface area contributed by atoms with Crippen molar-refractivity contribution in [2.24, 2.45) is 0 Å². The van der Waals surface area contributed by atoms with Crippen LogP contribution in [0.4, 0.5) is 5.82 Å². The summed E-state index contributed by atoms with van der Waals surface area (Å²) in [5.41, 5.74) is 3.94.